The van der Waals surface area contributed by atoms with Crippen molar-refractivity contribution in [2.24, 2.45) is 0 Å². The molecule has 36 heavy (non-hydrogen) atoms. The zero-order chi connectivity index (χ0) is 23.5. The normalized spacial score (nSPS) is 11.8. The van der Waals surface area contributed by atoms with E-state index in [1.165, 1.54) is 82.4 Å². The molecule has 1 aliphatic carbocycles. The minimum atomic E-state index is 0. The van der Waals surface area contributed by atoms with Crippen LogP contribution in [0.1, 0.15) is 34.2 Å². The van der Waals surface area contributed by atoms with Crippen LogP contribution in [0.5, 0.6) is 0 Å². The van der Waals surface area contributed by atoms with Gasteiger partial charge in [0.2, 0.25) is 0 Å². The van der Waals surface area contributed by atoms with E-state index in [9.17, 15) is 0 Å². The molecule has 0 spiro atoms. The molecule has 1 aliphatic rings. The fraction of sp³-hybridized carbons (Fsp3) is 0.0909. The van der Waals surface area contributed by atoms with E-state index in [2.05, 4.69) is 129 Å². The van der Waals surface area contributed by atoms with Crippen LogP contribution in [-0.4, -0.2) is 3.21 Å². The fourth-order valence-corrected chi connectivity index (χ4v) is 5.78. The number of allylic oxidation sites excluding steroid dienone is 4. The molecule has 0 fully saturated rings. The predicted octanol–water partition coefficient (Wildman–Crippen LogP) is 2.48. The van der Waals surface area contributed by atoms with Crippen molar-refractivity contribution in [2.75, 3.05) is 0 Å². The first-order chi connectivity index (χ1) is 16.6. The fourth-order valence-electron chi connectivity index (χ4n) is 4.96. The van der Waals surface area contributed by atoms with Gasteiger partial charge in [0, 0.05) is 0 Å². The summed E-state index contributed by atoms with van der Waals surface area (Å²) in [6, 6.07) is 34.5. The third-order valence-electron chi connectivity index (χ3n) is 6.51. The van der Waals surface area contributed by atoms with Gasteiger partial charge in [0.25, 0.3) is 0 Å². The number of hydrogen-bond acceptors (Lipinski definition) is 0. The van der Waals surface area contributed by atoms with Gasteiger partial charge in [-0.3, -0.25) is 0 Å². The number of rotatable bonds is 3. The number of hydrogen-bond donors (Lipinski definition) is 0. The van der Waals surface area contributed by atoms with Crippen molar-refractivity contribution in [1.29, 1.82) is 0 Å². The quantitative estimate of drug-likeness (QED) is 0.286. The number of aryl methyl sites for hydroxylation is 2. The Balaban J connectivity index is 0.000000201. The van der Waals surface area contributed by atoms with Crippen LogP contribution < -0.4 is 24.8 Å². The summed E-state index contributed by atoms with van der Waals surface area (Å²) < 4.78 is 1.42. The first-order valence-corrected chi connectivity index (χ1v) is 13.0. The topological polar surface area (TPSA) is 0 Å². The van der Waals surface area contributed by atoms with Crippen molar-refractivity contribution in [3.8, 4) is 0 Å². The van der Waals surface area contributed by atoms with Crippen LogP contribution in [-0.2, 0) is 24.2 Å². The summed E-state index contributed by atoms with van der Waals surface area (Å²) in [6.45, 7) is 4.46. The van der Waals surface area contributed by atoms with E-state index in [0.717, 1.165) is 6.42 Å². The Morgan fingerprint density at radius 2 is 1.33 bits per heavy atom. The summed E-state index contributed by atoms with van der Waals surface area (Å²) in [5.74, 6) is 0. The molecule has 5 aromatic rings. The second-order valence-electron chi connectivity index (χ2n) is 8.84. The summed E-state index contributed by atoms with van der Waals surface area (Å²) in [5, 5.41) is 5.57. The van der Waals surface area contributed by atoms with Crippen molar-refractivity contribution in [2.45, 2.75) is 20.3 Å². The standard InChI is InChI=1S/C20H17.C13H10.2ClH.Zr/c1-13-11-14(2)20-17-10-6-5-9-16(17)12-18(20)19(13)15-7-3-4-8-15;1-3-7-12(8-4-1)11-13-9-5-2-6-10-13;;;/h3-7,9-12H,8H2,1-2H3;1-10H;2*1H;/q-1;;;;+2/p-2. The monoisotopic (exact) mass is 583 g/mol. The van der Waals surface area contributed by atoms with Gasteiger partial charge < -0.3 is 24.8 Å². The van der Waals surface area contributed by atoms with Crippen molar-refractivity contribution in [3.05, 3.63) is 143 Å². The van der Waals surface area contributed by atoms with Crippen LogP contribution in [0.25, 0.3) is 27.1 Å². The summed E-state index contributed by atoms with van der Waals surface area (Å²) in [5.41, 5.74) is 8.32. The third-order valence-corrected chi connectivity index (χ3v) is 7.93. The first kappa shape index (κ1) is 28.1. The zero-order valence-corrected chi connectivity index (χ0v) is 24.4. The SMILES string of the molecule is Cc1cc(C)c2c([cH-]c3ccccc32)c1C1=CC=CC1.[Cl-].[Cl-].[Zr+2]=[C](c1ccccc1)c1ccccc1. The van der Waals surface area contributed by atoms with E-state index < -0.39 is 0 Å². The maximum absolute atomic E-state index is 2.36. The van der Waals surface area contributed by atoms with Gasteiger partial charge in [-0.15, -0.1) is 33.7 Å². The van der Waals surface area contributed by atoms with Crippen molar-refractivity contribution < 1.29 is 49.0 Å². The molecule has 0 saturated heterocycles. The zero-order valence-electron chi connectivity index (χ0n) is 20.4. The second kappa shape index (κ2) is 12.7. The van der Waals surface area contributed by atoms with Gasteiger partial charge in [0.15, 0.2) is 0 Å². The second-order valence-corrected chi connectivity index (χ2v) is 10.1. The van der Waals surface area contributed by atoms with Crippen LogP contribution >= 0.6 is 0 Å². The molecular formula is C33H27Cl2Zr-. The van der Waals surface area contributed by atoms with E-state index in [1.807, 2.05) is 0 Å². The third kappa shape index (κ3) is 5.76. The number of fused-ring (bicyclic) bond motifs is 3. The summed E-state index contributed by atoms with van der Waals surface area (Å²) in [6.07, 6.45) is 7.72. The molecule has 0 atom stereocenters. The minimum absolute atomic E-state index is 0. The molecule has 0 radical (unpaired) electrons. The van der Waals surface area contributed by atoms with Crippen LogP contribution in [0, 0.1) is 13.8 Å². The Morgan fingerprint density at radius 1 is 0.750 bits per heavy atom. The van der Waals surface area contributed by atoms with Gasteiger partial charge in [-0.1, -0.05) is 64.8 Å². The van der Waals surface area contributed by atoms with E-state index >= 15 is 0 Å². The first-order valence-electron chi connectivity index (χ1n) is 11.8. The van der Waals surface area contributed by atoms with Gasteiger partial charge in [-0.25, -0.2) is 0 Å². The summed E-state index contributed by atoms with van der Waals surface area (Å²) in [4.78, 5) is 0. The van der Waals surface area contributed by atoms with Crippen molar-refractivity contribution in [3.63, 3.8) is 0 Å². The number of benzene rings is 4. The Hall–Kier alpha value is -2.44. The summed E-state index contributed by atoms with van der Waals surface area (Å²) >= 11 is 1.46. The van der Waals surface area contributed by atoms with Gasteiger partial charge in [0.05, 0.1) is 0 Å². The average Bonchev–Trinajstić information content (AvgIpc) is 3.54. The molecular weight excluding hydrogens is 558 g/mol. The van der Waals surface area contributed by atoms with Crippen LogP contribution in [0.4, 0.5) is 0 Å². The van der Waals surface area contributed by atoms with Crippen LogP contribution in [0.2, 0.25) is 0 Å². The molecule has 0 unspecified atom stereocenters. The average molecular weight is 586 g/mol. The summed E-state index contributed by atoms with van der Waals surface area (Å²) in [7, 11) is 0. The predicted molar refractivity (Wildman–Crippen MR) is 144 cm³/mol. The van der Waals surface area contributed by atoms with Crippen molar-refractivity contribution >= 4 is 30.3 Å². The Kier molecular flexibility index (Phi) is 9.92. The van der Waals surface area contributed by atoms with Crippen LogP contribution in [0.15, 0.2) is 115 Å². The Bertz CT molecular complexity index is 1500. The Labute approximate surface area is 241 Å². The molecule has 0 heterocycles. The molecule has 0 nitrogen and oxygen atoms in total. The van der Waals surface area contributed by atoms with Gasteiger partial charge in [0.1, 0.15) is 0 Å². The van der Waals surface area contributed by atoms with E-state index in [4.69, 9.17) is 0 Å². The molecule has 5 aromatic carbocycles. The van der Waals surface area contributed by atoms with Crippen molar-refractivity contribution in [1.82, 2.24) is 0 Å². The molecule has 0 saturated carbocycles. The molecule has 3 heteroatoms. The van der Waals surface area contributed by atoms with Gasteiger partial charge in [-0.05, 0) is 20.3 Å². The molecule has 178 valence electrons. The van der Waals surface area contributed by atoms with Gasteiger partial charge in [-0.2, -0.15) is 0 Å². The van der Waals surface area contributed by atoms with Crippen LogP contribution in [0.3, 0.4) is 0 Å². The maximum atomic E-state index is 2.36. The van der Waals surface area contributed by atoms with Gasteiger partial charge >= 0.3 is 99.2 Å². The molecule has 0 aliphatic heterocycles. The van der Waals surface area contributed by atoms with E-state index in [-0.39, 0.29) is 24.8 Å². The molecule has 0 amide bonds. The van der Waals surface area contributed by atoms with E-state index in [0.29, 0.717) is 0 Å². The molecule has 0 bridgehead atoms. The molecule has 0 N–H and O–H groups in total. The number of halogens is 2. The molecule has 6 rings (SSSR count). The van der Waals surface area contributed by atoms with E-state index in [1.54, 1.807) is 0 Å². The molecule has 0 aromatic heterocycles. The Morgan fingerprint density at radius 3 is 1.92 bits per heavy atom.